The van der Waals surface area contributed by atoms with Crippen LogP contribution in [0.2, 0.25) is 0 Å². The van der Waals surface area contributed by atoms with Crippen LogP contribution in [-0.4, -0.2) is 48.9 Å². The van der Waals surface area contributed by atoms with Crippen LogP contribution in [0.5, 0.6) is 0 Å². The fourth-order valence-corrected chi connectivity index (χ4v) is 4.87. The van der Waals surface area contributed by atoms with Crippen molar-refractivity contribution in [3.63, 3.8) is 0 Å². The third-order valence-corrected chi connectivity index (χ3v) is 6.65. The van der Waals surface area contributed by atoms with Crippen molar-refractivity contribution in [3.8, 4) is 0 Å². The molecule has 0 aliphatic rings. The van der Waals surface area contributed by atoms with Crippen LogP contribution in [0.4, 0.5) is 0 Å². The third kappa shape index (κ3) is 13.0. The van der Waals surface area contributed by atoms with Crippen LogP contribution in [-0.2, 0) is 12.8 Å². The Hall–Kier alpha value is 0.361. The monoisotopic (exact) mass is 550 g/mol. The minimum Gasteiger partial charge on any atom is -1.00 e. The molecule has 0 amide bonds. The van der Waals surface area contributed by atoms with Crippen molar-refractivity contribution in [2.24, 2.45) is 0 Å². The summed E-state index contributed by atoms with van der Waals surface area (Å²) in [6.07, 6.45) is 18.9. The minimum atomic E-state index is 0. The fourth-order valence-electron chi connectivity index (χ4n) is 3.88. The van der Waals surface area contributed by atoms with Crippen molar-refractivity contribution in [1.29, 1.82) is 0 Å². The van der Waals surface area contributed by atoms with Crippen molar-refractivity contribution in [2.75, 3.05) is 0 Å². The molecule has 0 nitrogen and oxygen atoms in total. The summed E-state index contributed by atoms with van der Waals surface area (Å²) in [4.78, 5) is 2.76. The molecule has 0 aromatic heterocycles. The molecular weight excluding hydrogens is 506 g/mol. The second kappa shape index (κ2) is 18.9. The van der Waals surface area contributed by atoms with Gasteiger partial charge in [-0.25, -0.2) is 0 Å². The zero-order valence-corrected chi connectivity index (χ0v) is 24.9. The molecule has 0 fully saturated rings. The molecule has 2 aromatic carbocycles. The SMILES string of the molecule is CCCCCCCCc1cccc(Sc2cccc(CCCCCCCC)c2)c1.[Ba+2].[H-].[H-]. The van der Waals surface area contributed by atoms with E-state index in [1.54, 1.807) is 0 Å². The first-order chi connectivity index (χ1) is 14.3. The molecule has 0 radical (unpaired) electrons. The summed E-state index contributed by atoms with van der Waals surface area (Å²) in [7, 11) is 0. The van der Waals surface area contributed by atoms with Gasteiger partial charge < -0.3 is 2.85 Å². The summed E-state index contributed by atoms with van der Waals surface area (Å²) < 4.78 is 0. The second-order valence-electron chi connectivity index (χ2n) is 8.43. The van der Waals surface area contributed by atoms with Gasteiger partial charge in [-0.05, 0) is 61.1 Å². The molecule has 2 aromatic rings. The number of rotatable bonds is 16. The Balaban J connectivity index is 0. The van der Waals surface area contributed by atoms with Gasteiger partial charge in [-0.1, -0.05) is 114 Å². The first kappa shape index (κ1) is 28.4. The normalized spacial score (nSPS) is 10.7. The summed E-state index contributed by atoms with van der Waals surface area (Å²) in [5.74, 6) is 0. The van der Waals surface area contributed by atoms with E-state index in [0.29, 0.717) is 0 Å². The van der Waals surface area contributed by atoms with Crippen LogP contribution >= 0.6 is 11.8 Å². The summed E-state index contributed by atoms with van der Waals surface area (Å²) in [5.41, 5.74) is 2.99. The standard InChI is InChI=1S/C28H42S.Ba.2H/c1-3-5-7-9-11-13-17-25-19-15-21-27(23-25)29-28-22-16-20-26(24-28)18-14-12-10-8-6-4-2;;;/h15-16,19-24H,3-14,17-18H2,1-2H3;;;/q;+2;2*-1. The van der Waals surface area contributed by atoms with Crippen molar-refractivity contribution in [2.45, 2.75) is 114 Å². The Morgan fingerprint density at radius 1 is 0.567 bits per heavy atom. The topological polar surface area (TPSA) is 0 Å². The second-order valence-corrected chi connectivity index (χ2v) is 9.58. The van der Waals surface area contributed by atoms with Gasteiger partial charge in [0.1, 0.15) is 0 Å². The Bertz CT molecular complexity index is 620. The summed E-state index contributed by atoms with van der Waals surface area (Å²) in [5, 5.41) is 0. The number of hydrogen-bond acceptors (Lipinski definition) is 1. The van der Waals surface area contributed by atoms with Crippen molar-refractivity contribution >= 4 is 60.6 Å². The van der Waals surface area contributed by atoms with E-state index in [1.807, 2.05) is 11.8 Å². The Morgan fingerprint density at radius 2 is 0.967 bits per heavy atom. The molecule has 0 bridgehead atoms. The van der Waals surface area contributed by atoms with Gasteiger partial charge in [-0.2, -0.15) is 0 Å². The van der Waals surface area contributed by atoms with Gasteiger partial charge in [0.2, 0.25) is 0 Å². The maximum atomic E-state index is 2.40. The molecule has 0 heterocycles. The Kier molecular flexibility index (Phi) is 17.9. The zero-order chi connectivity index (χ0) is 20.6. The molecule has 2 heteroatoms. The molecule has 0 unspecified atom stereocenters. The van der Waals surface area contributed by atoms with E-state index in [9.17, 15) is 0 Å². The van der Waals surface area contributed by atoms with E-state index < -0.39 is 0 Å². The van der Waals surface area contributed by atoms with E-state index in [-0.39, 0.29) is 51.7 Å². The zero-order valence-electron chi connectivity index (χ0n) is 21.6. The van der Waals surface area contributed by atoms with Crippen LogP contribution in [0, 0.1) is 0 Å². The Labute approximate surface area is 234 Å². The molecular formula is C28H44BaS. The van der Waals surface area contributed by atoms with Gasteiger partial charge in [0.05, 0.1) is 0 Å². The average Bonchev–Trinajstić information content (AvgIpc) is 2.74. The Morgan fingerprint density at radius 3 is 1.40 bits per heavy atom. The third-order valence-electron chi connectivity index (χ3n) is 5.67. The molecule has 0 spiro atoms. The predicted octanol–water partition coefficient (Wildman–Crippen LogP) is 9.49. The smallest absolute Gasteiger partial charge is 1.00 e. The number of aryl methyl sites for hydroxylation is 2. The van der Waals surface area contributed by atoms with E-state index >= 15 is 0 Å². The van der Waals surface area contributed by atoms with Gasteiger partial charge >= 0.3 is 48.9 Å². The molecule has 2 rings (SSSR count). The van der Waals surface area contributed by atoms with Crippen LogP contribution in [0.3, 0.4) is 0 Å². The van der Waals surface area contributed by atoms with Gasteiger partial charge in [0.15, 0.2) is 0 Å². The fraction of sp³-hybridized carbons (Fsp3) is 0.571. The van der Waals surface area contributed by atoms with Gasteiger partial charge in [0.25, 0.3) is 0 Å². The molecule has 164 valence electrons. The summed E-state index contributed by atoms with van der Waals surface area (Å²) in [6, 6.07) is 18.4. The van der Waals surface area contributed by atoms with Gasteiger partial charge in [-0.3, -0.25) is 0 Å². The molecule has 0 saturated carbocycles. The molecule has 0 aliphatic heterocycles. The summed E-state index contributed by atoms with van der Waals surface area (Å²) in [6.45, 7) is 4.57. The van der Waals surface area contributed by atoms with Crippen LogP contribution < -0.4 is 0 Å². The first-order valence-electron chi connectivity index (χ1n) is 12.2. The molecule has 30 heavy (non-hydrogen) atoms. The first-order valence-corrected chi connectivity index (χ1v) is 13.0. The molecule has 0 aliphatic carbocycles. The number of unbranched alkanes of at least 4 members (excludes halogenated alkanes) is 10. The van der Waals surface area contributed by atoms with E-state index in [1.165, 1.54) is 111 Å². The van der Waals surface area contributed by atoms with Crippen LogP contribution in [0.25, 0.3) is 0 Å². The maximum Gasteiger partial charge on any atom is 2.00 e. The summed E-state index contributed by atoms with van der Waals surface area (Å²) >= 11 is 1.92. The molecule has 0 N–H and O–H groups in total. The maximum absolute atomic E-state index is 2.40. The largest absolute Gasteiger partial charge is 2.00 e. The van der Waals surface area contributed by atoms with Crippen LogP contribution in [0.15, 0.2) is 58.3 Å². The van der Waals surface area contributed by atoms with Crippen molar-refractivity contribution in [3.05, 3.63) is 59.7 Å². The van der Waals surface area contributed by atoms with Crippen molar-refractivity contribution < 1.29 is 2.85 Å². The van der Waals surface area contributed by atoms with Crippen LogP contribution in [0.1, 0.15) is 105 Å². The van der Waals surface area contributed by atoms with E-state index in [0.717, 1.165) is 0 Å². The van der Waals surface area contributed by atoms with E-state index in [2.05, 4.69) is 62.4 Å². The number of benzene rings is 2. The van der Waals surface area contributed by atoms with Gasteiger partial charge in [0, 0.05) is 9.79 Å². The quantitative estimate of drug-likeness (QED) is 0.148. The number of hydrogen-bond donors (Lipinski definition) is 0. The predicted molar refractivity (Wildman–Crippen MR) is 139 cm³/mol. The minimum absolute atomic E-state index is 0. The average molecular weight is 550 g/mol. The molecule has 0 saturated heterocycles. The molecule has 0 atom stereocenters. The van der Waals surface area contributed by atoms with Crippen molar-refractivity contribution in [1.82, 2.24) is 0 Å². The van der Waals surface area contributed by atoms with Gasteiger partial charge in [-0.15, -0.1) is 0 Å². The van der Waals surface area contributed by atoms with E-state index in [4.69, 9.17) is 0 Å².